The summed E-state index contributed by atoms with van der Waals surface area (Å²) in [6, 6.07) is 1.04. The molecule has 2 heterocycles. The second kappa shape index (κ2) is 6.74. The number of sulfonamides is 1. The summed E-state index contributed by atoms with van der Waals surface area (Å²) in [5.74, 6) is 0.0360. The van der Waals surface area contributed by atoms with E-state index in [4.69, 9.17) is 0 Å². The first-order valence-corrected chi connectivity index (χ1v) is 11.0. The van der Waals surface area contributed by atoms with Crippen LogP contribution in [0.5, 0.6) is 0 Å². The monoisotopic (exact) mass is 352 g/mol. The summed E-state index contributed by atoms with van der Waals surface area (Å²) in [6.07, 6.45) is 1.06. The summed E-state index contributed by atoms with van der Waals surface area (Å²) < 4.78 is 50.6. The zero-order valence-corrected chi connectivity index (χ0v) is 14.3. The SMILES string of the molecule is CCNCc1sccc1S(=O)(=O)NC1CCCS(=O)(=O)C1. The standard InChI is InChI=1S/C12H20N2O4S3/c1-2-13-8-11-12(5-6-19-11)21(17,18)14-10-4-3-7-20(15,16)9-10/h5-6,10,13-14H,2-4,7-9H2,1H3. The van der Waals surface area contributed by atoms with Crippen molar-refractivity contribution in [3.05, 3.63) is 16.3 Å². The van der Waals surface area contributed by atoms with E-state index in [2.05, 4.69) is 10.0 Å². The van der Waals surface area contributed by atoms with Crippen LogP contribution < -0.4 is 10.0 Å². The number of thiophene rings is 1. The van der Waals surface area contributed by atoms with Crippen LogP contribution in [0.3, 0.4) is 0 Å². The molecule has 1 saturated heterocycles. The number of rotatable bonds is 6. The zero-order valence-electron chi connectivity index (χ0n) is 11.8. The molecule has 1 aromatic rings. The second-order valence-electron chi connectivity index (χ2n) is 5.06. The molecule has 0 amide bonds. The topological polar surface area (TPSA) is 92.3 Å². The number of sulfone groups is 1. The Morgan fingerprint density at radius 1 is 1.43 bits per heavy atom. The van der Waals surface area contributed by atoms with Gasteiger partial charge >= 0.3 is 0 Å². The maximum absolute atomic E-state index is 12.4. The third-order valence-electron chi connectivity index (χ3n) is 3.31. The fourth-order valence-electron chi connectivity index (χ4n) is 2.33. The summed E-state index contributed by atoms with van der Waals surface area (Å²) in [5, 5.41) is 4.84. The van der Waals surface area contributed by atoms with Crippen LogP contribution in [0.25, 0.3) is 0 Å². The molecule has 2 rings (SSSR count). The van der Waals surface area contributed by atoms with E-state index in [1.807, 2.05) is 6.92 Å². The number of nitrogens with one attached hydrogen (secondary N) is 2. The largest absolute Gasteiger partial charge is 0.312 e. The lowest BCUT2D eigenvalue weighted by Crippen LogP contribution is -2.43. The van der Waals surface area contributed by atoms with E-state index in [1.54, 1.807) is 11.4 Å². The van der Waals surface area contributed by atoms with Gasteiger partial charge in [-0.3, -0.25) is 0 Å². The fraction of sp³-hybridized carbons (Fsp3) is 0.667. The third kappa shape index (κ3) is 4.49. The van der Waals surface area contributed by atoms with Gasteiger partial charge < -0.3 is 5.32 Å². The molecule has 1 atom stereocenters. The van der Waals surface area contributed by atoms with Crippen LogP contribution in [0.15, 0.2) is 16.3 Å². The van der Waals surface area contributed by atoms with Gasteiger partial charge in [0.1, 0.15) is 0 Å². The van der Waals surface area contributed by atoms with Crippen LogP contribution in [0, 0.1) is 0 Å². The van der Waals surface area contributed by atoms with Gasteiger partial charge in [-0.1, -0.05) is 6.92 Å². The summed E-state index contributed by atoms with van der Waals surface area (Å²) in [7, 11) is -6.81. The highest BCUT2D eigenvalue weighted by molar-refractivity contribution is 7.91. The molecule has 0 bridgehead atoms. The average Bonchev–Trinajstić information content (AvgIpc) is 2.83. The molecule has 120 valence electrons. The van der Waals surface area contributed by atoms with Crippen molar-refractivity contribution in [3.63, 3.8) is 0 Å². The van der Waals surface area contributed by atoms with Crippen molar-refractivity contribution < 1.29 is 16.8 Å². The highest BCUT2D eigenvalue weighted by Gasteiger charge is 2.29. The predicted octanol–water partition coefficient (Wildman–Crippen LogP) is 0.713. The maximum Gasteiger partial charge on any atom is 0.242 e. The molecule has 1 aliphatic rings. The molecule has 1 aliphatic heterocycles. The minimum atomic E-state index is -3.67. The number of hydrogen-bond acceptors (Lipinski definition) is 6. The molecule has 0 radical (unpaired) electrons. The summed E-state index contributed by atoms with van der Waals surface area (Å²) in [4.78, 5) is 0.986. The molecule has 6 nitrogen and oxygen atoms in total. The lowest BCUT2D eigenvalue weighted by atomic mass is 10.2. The molecular formula is C12H20N2O4S3. The van der Waals surface area contributed by atoms with Gasteiger partial charge in [0.05, 0.1) is 16.4 Å². The van der Waals surface area contributed by atoms with Gasteiger partial charge in [-0.2, -0.15) is 0 Å². The van der Waals surface area contributed by atoms with Crippen LogP contribution in [0.2, 0.25) is 0 Å². The summed E-state index contributed by atoms with van der Waals surface area (Å²) in [6.45, 7) is 3.20. The lowest BCUT2D eigenvalue weighted by molar-refractivity contribution is 0.517. The van der Waals surface area contributed by atoms with Crippen LogP contribution in [0.1, 0.15) is 24.6 Å². The minimum absolute atomic E-state index is 0.112. The van der Waals surface area contributed by atoms with Crippen molar-refractivity contribution in [1.29, 1.82) is 0 Å². The Morgan fingerprint density at radius 2 is 2.19 bits per heavy atom. The van der Waals surface area contributed by atoms with E-state index < -0.39 is 25.9 Å². The van der Waals surface area contributed by atoms with E-state index in [9.17, 15) is 16.8 Å². The average molecular weight is 353 g/mol. The molecule has 1 fully saturated rings. The van der Waals surface area contributed by atoms with E-state index in [1.165, 1.54) is 11.3 Å². The highest BCUT2D eigenvalue weighted by Crippen LogP contribution is 2.23. The molecule has 9 heteroatoms. The van der Waals surface area contributed by atoms with Gasteiger partial charge in [0.2, 0.25) is 10.0 Å². The van der Waals surface area contributed by atoms with Crippen LogP contribution in [-0.4, -0.2) is 40.9 Å². The Hall–Kier alpha value is -0.480. The van der Waals surface area contributed by atoms with Crippen molar-refractivity contribution in [3.8, 4) is 0 Å². The van der Waals surface area contributed by atoms with Crippen molar-refractivity contribution in [2.75, 3.05) is 18.1 Å². The Kier molecular flexibility index (Phi) is 5.42. The minimum Gasteiger partial charge on any atom is -0.312 e. The van der Waals surface area contributed by atoms with Gasteiger partial charge in [0.25, 0.3) is 0 Å². The number of hydrogen-bond donors (Lipinski definition) is 2. The van der Waals surface area contributed by atoms with Gasteiger partial charge in [-0.25, -0.2) is 21.6 Å². The molecule has 21 heavy (non-hydrogen) atoms. The summed E-state index contributed by atoms with van der Waals surface area (Å²) >= 11 is 1.38. The quantitative estimate of drug-likeness (QED) is 0.787. The first-order valence-electron chi connectivity index (χ1n) is 6.84. The molecule has 1 unspecified atom stereocenters. The predicted molar refractivity (Wildman–Crippen MR) is 83.7 cm³/mol. The van der Waals surface area contributed by atoms with E-state index in [-0.39, 0.29) is 16.4 Å². The molecule has 0 aromatic carbocycles. The van der Waals surface area contributed by atoms with Gasteiger partial charge in [0.15, 0.2) is 9.84 Å². The van der Waals surface area contributed by atoms with E-state index >= 15 is 0 Å². The van der Waals surface area contributed by atoms with Crippen molar-refractivity contribution >= 4 is 31.2 Å². The van der Waals surface area contributed by atoms with Crippen molar-refractivity contribution in [1.82, 2.24) is 10.0 Å². The third-order valence-corrected chi connectivity index (χ3v) is 7.79. The smallest absolute Gasteiger partial charge is 0.242 e. The maximum atomic E-state index is 12.4. The fourth-order valence-corrected chi connectivity index (χ4v) is 6.76. The van der Waals surface area contributed by atoms with Gasteiger partial charge in [-0.15, -0.1) is 11.3 Å². The zero-order chi connectivity index (χ0) is 15.5. The van der Waals surface area contributed by atoms with E-state index in [0.717, 1.165) is 11.4 Å². The Morgan fingerprint density at radius 3 is 2.86 bits per heavy atom. The molecule has 0 saturated carbocycles. The Balaban J connectivity index is 2.13. The highest BCUT2D eigenvalue weighted by atomic mass is 32.2. The summed E-state index contributed by atoms with van der Waals surface area (Å²) in [5.41, 5.74) is 0. The molecule has 0 aliphatic carbocycles. The molecule has 0 spiro atoms. The van der Waals surface area contributed by atoms with E-state index in [0.29, 0.717) is 19.4 Å². The molecule has 2 N–H and O–H groups in total. The lowest BCUT2D eigenvalue weighted by Gasteiger charge is -2.22. The first kappa shape index (κ1) is 16.9. The van der Waals surface area contributed by atoms with Gasteiger partial charge in [0, 0.05) is 17.5 Å². The Labute approximate surface area is 129 Å². The first-order chi connectivity index (χ1) is 9.84. The Bertz CT molecular complexity index is 679. The normalized spacial score (nSPS) is 22.2. The van der Waals surface area contributed by atoms with Crippen LogP contribution in [-0.2, 0) is 26.4 Å². The van der Waals surface area contributed by atoms with Gasteiger partial charge in [-0.05, 0) is 30.8 Å². The molecular weight excluding hydrogens is 332 g/mol. The van der Waals surface area contributed by atoms with Crippen LogP contribution in [0.4, 0.5) is 0 Å². The van der Waals surface area contributed by atoms with Crippen LogP contribution >= 0.6 is 11.3 Å². The second-order valence-corrected chi connectivity index (χ2v) is 9.97. The van der Waals surface area contributed by atoms with Crippen molar-refractivity contribution in [2.24, 2.45) is 0 Å². The van der Waals surface area contributed by atoms with Crippen molar-refractivity contribution in [2.45, 2.75) is 37.2 Å². The molecule has 1 aromatic heterocycles.